The smallest absolute Gasteiger partial charge is 0.309 e. The third-order valence-electron chi connectivity index (χ3n) is 8.95. The van der Waals surface area contributed by atoms with Gasteiger partial charge in [0.05, 0.1) is 5.41 Å². The molecule has 3 rings (SSSR count). The lowest BCUT2D eigenvalue weighted by Gasteiger charge is -2.34. The molecule has 0 atom stereocenters. The Hall–Kier alpha value is -2.50. The first-order valence-corrected chi connectivity index (χ1v) is 17.6. The Balaban J connectivity index is 0.000000828. The average molecular weight is 644 g/mol. The molecule has 0 unspecified atom stereocenters. The number of furan rings is 1. The lowest BCUT2D eigenvalue weighted by molar-refractivity contribution is -0.147. The van der Waals surface area contributed by atoms with Crippen LogP contribution >= 0.6 is 0 Å². The molecule has 2 aromatic rings. The van der Waals surface area contributed by atoms with Crippen LogP contribution in [0.1, 0.15) is 190 Å². The van der Waals surface area contributed by atoms with Crippen LogP contribution in [0.5, 0.6) is 0 Å². The fourth-order valence-electron chi connectivity index (χ4n) is 4.59. The fraction of sp³-hybridized carbons (Fsp3) is 0.750. The number of carbonyl (C=O) groups is 3. The van der Waals surface area contributed by atoms with E-state index in [1.807, 2.05) is 54.5 Å². The fourth-order valence-corrected chi connectivity index (χ4v) is 4.59. The van der Waals surface area contributed by atoms with E-state index in [0.29, 0.717) is 35.7 Å². The summed E-state index contributed by atoms with van der Waals surface area (Å²) in [6.07, 6.45) is 8.83. The van der Waals surface area contributed by atoms with E-state index in [1.165, 1.54) is 44.2 Å². The van der Waals surface area contributed by atoms with Crippen LogP contribution in [0.4, 0.5) is 0 Å². The normalized spacial score (nSPS) is 15.2. The maximum absolute atomic E-state index is 12.4. The number of aromatic nitrogens is 1. The maximum Gasteiger partial charge on any atom is 0.309 e. The van der Waals surface area contributed by atoms with Crippen molar-refractivity contribution in [1.29, 1.82) is 0 Å². The zero-order chi connectivity index (χ0) is 36.3. The second kappa shape index (κ2) is 18.2. The van der Waals surface area contributed by atoms with Gasteiger partial charge < -0.3 is 9.52 Å². The molecule has 2 aromatic heterocycles. The Kier molecular flexibility index (Phi) is 17.2. The molecule has 46 heavy (non-hydrogen) atoms. The van der Waals surface area contributed by atoms with Crippen LogP contribution in [0.25, 0.3) is 11.1 Å². The minimum absolute atomic E-state index is 0.0452. The SMILES string of the molecule is CC(C)C(=O)c1cc2nc(C3CCC(C)(C)CC3)cc(C(C)(C)C)c2o1.CCC(=O)C(C)(C)C.CCC(C)(C)C(=O)O.CCCC. The number of Topliss-reactive ketones (excluding diaryl/α,β-unsaturated/α-hetero) is 2. The van der Waals surface area contributed by atoms with E-state index < -0.39 is 11.4 Å². The van der Waals surface area contributed by atoms with Crippen LogP contribution in [0.3, 0.4) is 0 Å². The molecule has 1 aliphatic carbocycles. The van der Waals surface area contributed by atoms with Gasteiger partial charge in [0.25, 0.3) is 0 Å². The molecular formula is C40H69NO5. The Morgan fingerprint density at radius 1 is 0.913 bits per heavy atom. The third-order valence-corrected chi connectivity index (χ3v) is 8.95. The molecule has 0 saturated heterocycles. The average Bonchev–Trinajstić information content (AvgIpc) is 3.39. The van der Waals surface area contributed by atoms with Crippen molar-refractivity contribution in [2.45, 2.75) is 173 Å². The van der Waals surface area contributed by atoms with Crippen molar-refractivity contribution >= 4 is 28.6 Å². The summed E-state index contributed by atoms with van der Waals surface area (Å²) in [4.78, 5) is 38.4. The highest BCUT2D eigenvalue weighted by Crippen LogP contribution is 2.43. The van der Waals surface area contributed by atoms with E-state index >= 15 is 0 Å². The molecule has 1 saturated carbocycles. The Morgan fingerprint density at radius 3 is 1.72 bits per heavy atom. The predicted molar refractivity (Wildman–Crippen MR) is 194 cm³/mol. The van der Waals surface area contributed by atoms with Crippen LogP contribution in [-0.4, -0.2) is 27.6 Å². The summed E-state index contributed by atoms with van der Waals surface area (Å²) < 4.78 is 6.01. The van der Waals surface area contributed by atoms with Crippen molar-refractivity contribution < 1.29 is 23.9 Å². The largest absolute Gasteiger partial charge is 0.481 e. The molecule has 0 radical (unpaired) electrons. The number of hydrogen-bond acceptors (Lipinski definition) is 5. The van der Waals surface area contributed by atoms with Crippen LogP contribution in [0.2, 0.25) is 0 Å². The summed E-state index contributed by atoms with van der Waals surface area (Å²) in [7, 11) is 0. The van der Waals surface area contributed by atoms with Gasteiger partial charge in [0.1, 0.15) is 11.3 Å². The van der Waals surface area contributed by atoms with Crippen molar-refractivity contribution in [3.05, 3.63) is 29.2 Å². The first kappa shape index (κ1) is 43.5. The zero-order valence-electron chi connectivity index (χ0n) is 32.5. The van der Waals surface area contributed by atoms with Crippen LogP contribution < -0.4 is 0 Å². The molecular weight excluding hydrogens is 574 g/mol. The van der Waals surface area contributed by atoms with E-state index in [4.69, 9.17) is 14.5 Å². The number of carboxylic acid groups (broad SMARTS) is 1. The van der Waals surface area contributed by atoms with Crippen LogP contribution in [0, 0.1) is 22.2 Å². The van der Waals surface area contributed by atoms with Gasteiger partial charge >= 0.3 is 5.97 Å². The van der Waals surface area contributed by atoms with Crippen molar-refractivity contribution in [3.63, 3.8) is 0 Å². The molecule has 2 heterocycles. The third kappa shape index (κ3) is 14.1. The molecule has 0 spiro atoms. The summed E-state index contributed by atoms with van der Waals surface area (Å²) in [5, 5.41) is 8.44. The minimum Gasteiger partial charge on any atom is -0.481 e. The van der Waals surface area contributed by atoms with Gasteiger partial charge in [-0.05, 0) is 62.8 Å². The van der Waals surface area contributed by atoms with Crippen molar-refractivity contribution in [2.24, 2.45) is 22.2 Å². The van der Waals surface area contributed by atoms with Crippen LogP contribution in [0.15, 0.2) is 16.5 Å². The first-order chi connectivity index (χ1) is 20.9. The number of fused-ring (bicyclic) bond motifs is 1. The number of pyridine rings is 1. The number of ketones is 2. The predicted octanol–water partition coefficient (Wildman–Crippen LogP) is 12.0. The van der Waals surface area contributed by atoms with E-state index in [-0.39, 0.29) is 22.5 Å². The van der Waals surface area contributed by atoms with Gasteiger partial charge in [-0.3, -0.25) is 14.4 Å². The highest BCUT2D eigenvalue weighted by atomic mass is 16.4. The summed E-state index contributed by atoms with van der Waals surface area (Å²) in [5.41, 5.74) is 3.66. The Labute approximate surface area is 281 Å². The molecule has 0 aromatic carbocycles. The Morgan fingerprint density at radius 2 is 1.41 bits per heavy atom. The highest BCUT2D eigenvalue weighted by molar-refractivity contribution is 5.98. The first-order valence-electron chi connectivity index (χ1n) is 17.6. The maximum atomic E-state index is 12.4. The lowest BCUT2D eigenvalue weighted by atomic mass is 9.72. The van der Waals surface area contributed by atoms with Crippen molar-refractivity contribution in [1.82, 2.24) is 4.98 Å². The van der Waals surface area contributed by atoms with Gasteiger partial charge in [-0.15, -0.1) is 0 Å². The summed E-state index contributed by atoms with van der Waals surface area (Å²) in [6, 6.07) is 4.08. The summed E-state index contributed by atoms with van der Waals surface area (Å²) in [5.74, 6) is 0.526. The highest BCUT2D eigenvalue weighted by Gasteiger charge is 2.31. The number of carbonyl (C=O) groups excluding carboxylic acids is 2. The lowest BCUT2D eigenvalue weighted by Crippen LogP contribution is -2.21. The van der Waals surface area contributed by atoms with Crippen molar-refractivity contribution in [2.75, 3.05) is 0 Å². The number of nitrogens with zero attached hydrogens (tertiary/aromatic N) is 1. The monoisotopic (exact) mass is 644 g/mol. The molecule has 1 fully saturated rings. The standard InChI is InChI=1S/C23H33NO2.C7H14O.C6H12O2.C4H10/c1-14(2)20(25)19-13-18-21(26-19)16(22(3,4)5)12-17(24-18)15-8-10-23(6,7)11-9-15;1-5-6(8)7(2,3)4;1-4-6(2,3)5(7)8;1-3-4-2/h12-15H,8-11H2,1-7H3;5H2,1-4H3;4H2,1-3H3,(H,7,8);3-4H2,1-2H3. The molecule has 1 N–H and O–H groups in total. The molecule has 0 bridgehead atoms. The van der Waals surface area contributed by atoms with E-state index in [0.717, 1.165) is 16.7 Å². The quantitative estimate of drug-likeness (QED) is 0.301. The van der Waals surface area contributed by atoms with Gasteiger partial charge in [-0.25, -0.2) is 4.98 Å². The second-order valence-electron chi connectivity index (χ2n) is 16.7. The van der Waals surface area contributed by atoms with Gasteiger partial charge in [0, 0.05) is 41.0 Å². The van der Waals surface area contributed by atoms with E-state index in [9.17, 15) is 14.4 Å². The zero-order valence-corrected chi connectivity index (χ0v) is 32.5. The number of aliphatic carboxylic acids is 1. The second-order valence-corrected chi connectivity index (χ2v) is 16.7. The number of carboxylic acids is 1. The van der Waals surface area contributed by atoms with Gasteiger partial charge in [-0.1, -0.05) is 110 Å². The number of rotatable bonds is 7. The molecule has 6 heteroatoms. The van der Waals surface area contributed by atoms with Crippen molar-refractivity contribution in [3.8, 4) is 0 Å². The molecule has 0 aliphatic heterocycles. The van der Waals surface area contributed by atoms with Gasteiger partial charge in [0.2, 0.25) is 5.78 Å². The number of unbranched alkanes of at least 4 members (excludes halogenated alkanes) is 1. The van der Waals surface area contributed by atoms with E-state index in [1.54, 1.807) is 13.8 Å². The molecule has 264 valence electrons. The summed E-state index contributed by atoms with van der Waals surface area (Å²) in [6.45, 7) is 32.5. The topological polar surface area (TPSA) is 97.5 Å². The van der Waals surface area contributed by atoms with Crippen LogP contribution in [-0.2, 0) is 15.0 Å². The summed E-state index contributed by atoms with van der Waals surface area (Å²) >= 11 is 0. The van der Waals surface area contributed by atoms with Gasteiger partial charge in [-0.2, -0.15) is 0 Å². The van der Waals surface area contributed by atoms with Gasteiger partial charge in [0.15, 0.2) is 11.3 Å². The molecule has 6 nitrogen and oxygen atoms in total. The number of hydrogen-bond donors (Lipinski definition) is 1. The minimum atomic E-state index is -0.722. The molecule has 1 aliphatic rings. The molecule has 0 amide bonds. The Bertz CT molecular complexity index is 1240. The van der Waals surface area contributed by atoms with E-state index in [2.05, 4.69) is 54.5 Å².